The molecule has 1 aromatic heterocycles. The molecule has 160 valence electrons. The Morgan fingerprint density at radius 1 is 1.03 bits per heavy atom. The highest BCUT2D eigenvalue weighted by atomic mass is 19.1. The quantitative estimate of drug-likeness (QED) is 0.701. The number of aromatic nitrogens is 3. The van der Waals surface area contributed by atoms with Crippen LogP contribution in [0.4, 0.5) is 9.18 Å². The van der Waals surface area contributed by atoms with Gasteiger partial charge in [-0.15, -0.1) is 0 Å². The number of urea groups is 1. The minimum atomic E-state index is -0.438. The molecule has 31 heavy (non-hydrogen) atoms. The van der Waals surface area contributed by atoms with Gasteiger partial charge in [-0.1, -0.05) is 18.2 Å². The number of piperazine rings is 1. The summed E-state index contributed by atoms with van der Waals surface area (Å²) in [6.07, 6.45) is 3.10. The van der Waals surface area contributed by atoms with E-state index < -0.39 is 5.82 Å². The summed E-state index contributed by atoms with van der Waals surface area (Å²) in [4.78, 5) is 32.5. The smallest absolute Gasteiger partial charge is 0.317 e. The topological polar surface area (TPSA) is 83.4 Å². The largest absolute Gasteiger partial charge is 0.335 e. The van der Waals surface area contributed by atoms with Gasteiger partial charge in [0.05, 0.1) is 11.7 Å². The number of rotatable bonds is 4. The summed E-state index contributed by atoms with van der Waals surface area (Å²) >= 11 is 0. The number of nitrogens with zero attached hydrogens (tertiary/aromatic N) is 5. The molecule has 1 aliphatic rings. The fourth-order valence-electron chi connectivity index (χ4n) is 3.53. The van der Waals surface area contributed by atoms with E-state index in [1.807, 2.05) is 31.2 Å². The van der Waals surface area contributed by atoms with Gasteiger partial charge in [0.1, 0.15) is 18.5 Å². The first-order chi connectivity index (χ1) is 15.0. The van der Waals surface area contributed by atoms with Crippen molar-refractivity contribution in [2.75, 3.05) is 26.2 Å². The minimum Gasteiger partial charge on any atom is -0.335 e. The number of carbonyl (C=O) groups excluding carboxylic acids is 2. The maximum absolute atomic E-state index is 13.4. The Bertz CT molecular complexity index is 1050. The van der Waals surface area contributed by atoms with Crippen molar-refractivity contribution >= 4 is 11.9 Å². The average Bonchev–Trinajstić information content (AvgIpc) is 3.34. The summed E-state index contributed by atoms with van der Waals surface area (Å²) < 4.78 is 15.0. The van der Waals surface area contributed by atoms with Gasteiger partial charge >= 0.3 is 6.03 Å². The third-order valence-electron chi connectivity index (χ3n) is 5.34. The molecule has 0 saturated carbocycles. The van der Waals surface area contributed by atoms with Gasteiger partial charge in [0.2, 0.25) is 0 Å². The third kappa shape index (κ3) is 4.71. The molecule has 3 aromatic rings. The molecule has 2 aromatic carbocycles. The highest BCUT2D eigenvalue weighted by Crippen LogP contribution is 2.16. The van der Waals surface area contributed by atoms with E-state index in [0.717, 1.165) is 11.3 Å². The number of hydrogen-bond acceptors (Lipinski definition) is 4. The molecule has 1 unspecified atom stereocenters. The Morgan fingerprint density at radius 2 is 1.74 bits per heavy atom. The number of halogens is 1. The molecule has 0 aliphatic carbocycles. The number of nitrogens with one attached hydrogen (secondary N) is 1. The van der Waals surface area contributed by atoms with Gasteiger partial charge in [0.15, 0.2) is 0 Å². The minimum absolute atomic E-state index is 0.175. The van der Waals surface area contributed by atoms with Crippen LogP contribution in [-0.4, -0.2) is 62.7 Å². The second-order valence-corrected chi connectivity index (χ2v) is 7.39. The van der Waals surface area contributed by atoms with Crippen molar-refractivity contribution in [3.8, 4) is 5.69 Å². The highest BCUT2D eigenvalue weighted by Gasteiger charge is 2.25. The van der Waals surface area contributed by atoms with Crippen LogP contribution in [0.1, 0.15) is 28.9 Å². The lowest BCUT2D eigenvalue weighted by Gasteiger charge is -2.35. The van der Waals surface area contributed by atoms with E-state index in [2.05, 4.69) is 15.4 Å². The summed E-state index contributed by atoms with van der Waals surface area (Å²) in [6.45, 7) is 3.58. The zero-order chi connectivity index (χ0) is 21.8. The Labute approximate surface area is 179 Å². The van der Waals surface area contributed by atoms with Gasteiger partial charge in [-0.2, -0.15) is 5.10 Å². The van der Waals surface area contributed by atoms with Gasteiger partial charge < -0.3 is 15.1 Å². The van der Waals surface area contributed by atoms with Gasteiger partial charge in [-0.05, 0) is 42.8 Å². The first-order valence-corrected chi connectivity index (χ1v) is 10.1. The zero-order valence-electron chi connectivity index (χ0n) is 17.1. The van der Waals surface area contributed by atoms with E-state index >= 15 is 0 Å². The Balaban J connectivity index is 1.30. The summed E-state index contributed by atoms with van der Waals surface area (Å²) in [5.74, 6) is -0.660. The maximum Gasteiger partial charge on any atom is 0.317 e. The molecular weight excluding hydrogens is 399 g/mol. The molecular formula is C22H23FN6O2. The summed E-state index contributed by atoms with van der Waals surface area (Å²) in [5, 5.41) is 7.10. The molecule has 3 amide bonds. The van der Waals surface area contributed by atoms with Crippen LogP contribution in [0.2, 0.25) is 0 Å². The van der Waals surface area contributed by atoms with Gasteiger partial charge in [-0.25, -0.2) is 18.9 Å². The second kappa shape index (κ2) is 8.95. The SMILES string of the molecule is CC(NC(=O)N1CCN(C(=O)c2cccc(F)c2)CC1)c1ccc(-n2cncn2)cc1. The van der Waals surface area contributed by atoms with Crippen LogP contribution in [0.5, 0.6) is 0 Å². The predicted molar refractivity (Wildman–Crippen MR) is 112 cm³/mol. The zero-order valence-corrected chi connectivity index (χ0v) is 17.1. The molecule has 8 nitrogen and oxygen atoms in total. The monoisotopic (exact) mass is 422 g/mol. The van der Waals surface area contributed by atoms with Crippen LogP contribution < -0.4 is 5.32 Å². The van der Waals surface area contributed by atoms with Crippen molar-refractivity contribution in [2.45, 2.75) is 13.0 Å². The molecule has 1 aliphatic heterocycles. The summed E-state index contributed by atoms with van der Waals surface area (Å²) in [6, 6.07) is 13.0. The van der Waals surface area contributed by atoms with Gasteiger partial charge in [0, 0.05) is 31.7 Å². The van der Waals surface area contributed by atoms with Crippen LogP contribution in [0.3, 0.4) is 0 Å². The molecule has 0 bridgehead atoms. The first kappa shape index (κ1) is 20.5. The van der Waals surface area contributed by atoms with Gasteiger partial charge in [0.25, 0.3) is 5.91 Å². The number of carbonyl (C=O) groups is 2. The molecule has 2 heterocycles. The fourth-order valence-corrected chi connectivity index (χ4v) is 3.53. The fraction of sp³-hybridized carbons (Fsp3) is 0.273. The van der Waals surface area contributed by atoms with E-state index in [1.54, 1.807) is 26.9 Å². The molecule has 4 rings (SSSR count). The van der Waals surface area contributed by atoms with Crippen molar-refractivity contribution in [1.82, 2.24) is 29.9 Å². The van der Waals surface area contributed by atoms with Crippen LogP contribution in [0.25, 0.3) is 5.69 Å². The van der Waals surface area contributed by atoms with Gasteiger partial charge in [-0.3, -0.25) is 4.79 Å². The molecule has 1 N–H and O–H groups in total. The van der Waals surface area contributed by atoms with E-state index in [-0.39, 0.29) is 18.0 Å². The van der Waals surface area contributed by atoms with Crippen molar-refractivity contribution in [2.24, 2.45) is 0 Å². The molecule has 0 radical (unpaired) electrons. The molecule has 0 spiro atoms. The average molecular weight is 422 g/mol. The lowest BCUT2D eigenvalue weighted by Crippen LogP contribution is -2.53. The van der Waals surface area contributed by atoms with E-state index in [4.69, 9.17) is 0 Å². The van der Waals surface area contributed by atoms with Crippen LogP contribution in [0, 0.1) is 5.82 Å². The summed E-state index contributed by atoms with van der Waals surface area (Å²) in [5.41, 5.74) is 2.18. The highest BCUT2D eigenvalue weighted by molar-refractivity contribution is 5.94. The number of hydrogen-bond donors (Lipinski definition) is 1. The lowest BCUT2D eigenvalue weighted by atomic mass is 10.1. The van der Waals surface area contributed by atoms with Crippen molar-refractivity contribution in [1.29, 1.82) is 0 Å². The second-order valence-electron chi connectivity index (χ2n) is 7.39. The normalized spacial score (nSPS) is 14.9. The van der Waals surface area contributed by atoms with E-state index in [1.165, 1.54) is 24.5 Å². The van der Waals surface area contributed by atoms with Crippen LogP contribution >= 0.6 is 0 Å². The lowest BCUT2D eigenvalue weighted by molar-refractivity contribution is 0.0663. The first-order valence-electron chi connectivity index (χ1n) is 10.1. The summed E-state index contributed by atoms with van der Waals surface area (Å²) in [7, 11) is 0. The molecule has 1 atom stereocenters. The van der Waals surface area contributed by atoms with Crippen LogP contribution in [-0.2, 0) is 0 Å². The van der Waals surface area contributed by atoms with Crippen LogP contribution in [0.15, 0.2) is 61.2 Å². The van der Waals surface area contributed by atoms with Crippen molar-refractivity contribution < 1.29 is 14.0 Å². The predicted octanol–water partition coefficient (Wildman–Crippen LogP) is 2.64. The Hall–Kier alpha value is -3.75. The van der Waals surface area contributed by atoms with E-state index in [9.17, 15) is 14.0 Å². The molecule has 1 fully saturated rings. The van der Waals surface area contributed by atoms with Crippen molar-refractivity contribution in [3.63, 3.8) is 0 Å². The Morgan fingerprint density at radius 3 is 2.39 bits per heavy atom. The maximum atomic E-state index is 13.4. The third-order valence-corrected chi connectivity index (χ3v) is 5.34. The number of amides is 3. The molecule has 1 saturated heterocycles. The molecule has 9 heteroatoms. The van der Waals surface area contributed by atoms with Crippen molar-refractivity contribution in [3.05, 3.63) is 78.1 Å². The Kier molecular flexibility index (Phi) is 5.92. The van der Waals surface area contributed by atoms with E-state index in [0.29, 0.717) is 31.7 Å². The standard InChI is InChI=1S/C22H23FN6O2/c1-16(17-5-7-20(8-6-17)29-15-24-14-25-29)26-22(31)28-11-9-27(10-12-28)21(30)18-3-2-4-19(23)13-18/h2-8,13-16H,9-12H2,1H3,(H,26,31). The number of benzene rings is 2.